The van der Waals surface area contributed by atoms with E-state index in [0.717, 1.165) is 12.1 Å². The van der Waals surface area contributed by atoms with Gasteiger partial charge in [-0.3, -0.25) is 4.79 Å². The fraction of sp³-hybridized carbons (Fsp3) is 0.286. The molecule has 0 spiro atoms. The van der Waals surface area contributed by atoms with Crippen molar-refractivity contribution < 1.29 is 22.4 Å². The average Bonchev–Trinajstić information content (AvgIpc) is 3.21. The van der Waals surface area contributed by atoms with Crippen molar-refractivity contribution in [2.45, 2.75) is 37.1 Å². The monoisotopic (exact) mass is 450 g/mol. The van der Waals surface area contributed by atoms with Gasteiger partial charge >= 0.3 is 6.18 Å². The highest BCUT2D eigenvalue weighted by molar-refractivity contribution is 7.80. The van der Waals surface area contributed by atoms with Gasteiger partial charge < -0.3 is 9.47 Å². The van der Waals surface area contributed by atoms with Gasteiger partial charge in [0.15, 0.2) is 5.16 Å². The minimum Gasteiger partial charge on any atom is -0.309 e. The number of carbonyl (C=O) groups excluding carboxylic acids is 1. The highest BCUT2D eigenvalue weighted by atomic mass is 32.1. The van der Waals surface area contributed by atoms with Crippen molar-refractivity contribution in [2.75, 3.05) is 4.90 Å². The quantitative estimate of drug-likeness (QED) is 0.460. The van der Waals surface area contributed by atoms with E-state index in [9.17, 15) is 22.4 Å². The second kappa shape index (κ2) is 7.67. The lowest BCUT2D eigenvalue weighted by Gasteiger charge is -2.19. The summed E-state index contributed by atoms with van der Waals surface area (Å²) in [6, 6.07) is 7.65. The molecule has 162 valence electrons. The molecule has 10 heteroatoms. The summed E-state index contributed by atoms with van der Waals surface area (Å²) in [6.07, 6.45) is -4.13. The molecule has 2 heterocycles. The molecule has 1 atom stereocenters. The maximum Gasteiger partial charge on any atom is 0.416 e. The second-order valence-corrected chi connectivity index (χ2v) is 7.94. The standard InChI is InChI=1S/C21H18F4N4OS/c1-11(6-18-26-27-20(31)28(18)2)12-7-13(22)9-14(8-12)29-10-16-15(19(29)30)4-3-5-17(16)21(23,24)25/h3-5,7-9,11H,6,10H2,1-2H3,(H,27,31). The lowest BCUT2D eigenvalue weighted by Crippen LogP contribution is -2.23. The molecule has 0 saturated heterocycles. The Morgan fingerprint density at radius 2 is 1.94 bits per heavy atom. The van der Waals surface area contributed by atoms with E-state index in [-0.39, 0.29) is 29.3 Å². The number of amides is 1. The van der Waals surface area contributed by atoms with Crippen LogP contribution < -0.4 is 4.90 Å². The number of benzene rings is 2. The summed E-state index contributed by atoms with van der Waals surface area (Å²) in [5, 5.41) is 8.37. The Labute approximate surface area is 181 Å². The molecule has 1 aliphatic heterocycles. The summed E-state index contributed by atoms with van der Waals surface area (Å²) < 4.78 is 56.2. The largest absolute Gasteiger partial charge is 0.416 e. The summed E-state index contributed by atoms with van der Waals surface area (Å²) in [5.41, 5.74) is -0.161. The molecule has 0 aliphatic carbocycles. The van der Waals surface area contributed by atoms with Crippen LogP contribution in [0, 0.1) is 5.82 Å². The number of aromatic nitrogens is 3. The predicted molar refractivity (Wildman–Crippen MR) is 109 cm³/mol. The third-order valence-corrected chi connectivity index (χ3v) is 5.88. The molecule has 0 bridgehead atoms. The number of carbonyl (C=O) groups is 1. The molecule has 0 saturated carbocycles. The van der Waals surface area contributed by atoms with Crippen molar-refractivity contribution in [3.05, 3.63) is 70.3 Å². The maximum atomic E-state index is 14.4. The Morgan fingerprint density at radius 1 is 1.19 bits per heavy atom. The molecule has 1 unspecified atom stereocenters. The molecule has 1 aliphatic rings. The Kier molecular flexibility index (Phi) is 5.28. The number of halogens is 4. The van der Waals surface area contributed by atoms with Gasteiger partial charge in [0.25, 0.3) is 5.91 Å². The van der Waals surface area contributed by atoms with E-state index >= 15 is 0 Å². The van der Waals surface area contributed by atoms with Crippen LogP contribution in [0.15, 0.2) is 41.6 Å². The lowest BCUT2D eigenvalue weighted by molar-refractivity contribution is -0.138. The van der Waals surface area contributed by atoms with Crippen LogP contribution in [-0.4, -0.2) is 20.7 Å². The SMILES string of the molecule is CC(Cc1nnc(S)n1C)c1cc(F)cc(N2Cc3c(cccc3C(F)(F)F)C2=O)c1. The molecule has 4 rings (SSSR count). The van der Waals surface area contributed by atoms with Crippen LogP contribution in [0.5, 0.6) is 0 Å². The number of rotatable bonds is 4. The first-order valence-corrected chi connectivity index (χ1v) is 9.89. The molecule has 1 aromatic heterocycles. The fourth-order valence-corrected chi connectivity index (χ4v) is 3.93. The summed E-state index contributed by atoms with van der Waals surface area (Å²) in [5.74, 6) is -0.691. The van der Waals surface area contributed by atoms with Crippen molar-refractivity contribution >= 4 is 24.2 Å². The molecule has 0 N–H and O–H groups in total. The summed E-state index contributed by atoms with van der Waals surface area (Å²) in [4.78, 5) is 14.0. The summed E-state index contributed by atoms with van der Waals surface area (Å²) in [6.45, 7) is 1.60. The Morgan fingerprint density at radius 3 is 2.58 bits per heavy atom. The van der Waals surface area contributed by atoms with E-state index in [4.69, 9.17) is 0 Å². The van der Waals surface area contributed by atoms with Gasteiger partial charge in [0.05, 0.1) is 12.1 Å². The zero-order valence-electron chi connectivity index (χ0n) is 16.6. The van der Waals surface area contributed by atoms with Gasteiger partial charge in [0, 0.05) is 24.7 Å². The summed E-state index contributed by atoms with van der Waals surface area (Å²) in [7, 11) is 1.76. The van der Waals surface area contributed by atoms with E-state index in [2.05, 4.69) is 22.8 Å². The third-order valence-electron chi connectivity index (χ3n) is 5.49. The predicted octanol–water partition coefficient (Wildman–Crippen LogP) is 4.77. The van der Waals surface area contributed by atoms with Crippen LogP contribution in [0.4, 0.5) is 23.2 Å². The molecule has 2 aromatic carbocycles. The maximum absolute atomic E-state index is 14.4. The molecule has 5 nitrogen and oxygen atoms in total. The number of hydrogen-bond donors (Lipinski definition) is 1. The molecular formula is C21H18F4N4OS. The van der Waals surface area contributed by atoms with Crippen molar-refractivity contribution in [1.82, 2.24) is 14.8 Å². The van der Waals surface area contributed by atoms with Crippen LogP contribution in [0.25, 0.3) is 0 Å². The molecule has 0 fully saturated rings. The van der Waals surface area contributed by atoms with Gasteiger partial charge in [0.2, 0.25) is 0 Å². The van der Waals surface area contributed by atoms with E-state index in [1.165, 1.54) is 23.1 Å². The number of thiol groups is 1. The van der Waals surface area contributed by atoms with Gasteiger partial charge in [-0.15, -0.1) is 22.8 Å². The van der Waals surface area contributed by atoms with Crippen LogP contribution in [0.3, 0.4) is 0 Å². The van der Waals surface area contributed by atoms with Crippen LogP contribution in [0.2, 0.25) is 0 Å². The van der Waals surface area contributed by atoms with Gasteiger partial charge in [0.1, 0.15) is 11.6 Å². The van der Waals surface area contributed by atoms with Gasteiger partial charge in [-0.25, -0.2) is 4.39 Å². The van der Waals surface area contributed by atoms with Crippen molar-refractivity contribution in [3.8, 4) is 0 Å². The lowest BCUT2D eigenvalue weighted by atomic mass is 9.96. The third kappa shape index (κ3) is 3.91. The van der Waals surface area contributed by atoms with Crippen molar-refractivity contribution in [1.29, 1.82) is 0 Å². The van der Waals surface area contributed by atoms with Gasteiger partial charge in [-0.2, -0.15) is 13.2 Å². The van der Waals surface area contributed by atoms with E-state index < -0.39 is 23.5 Å². The minimum absolute atomic E-state index is 0.0194. The Balaban J connectivity index is 1.66. The van der Waals surface area contributed by atoms with Crippen LogP contribution >= 0.6 is 12.6 Å². The molecule has 3 aromatic rings. The molecule has 0 radical (unpaired) electrons. The topological polar surface area (TPSA) is 51.0 Å². The number of anilines is 1. The number of hydrogen-bond acceptors (Lipinski definition) is 4. The molecule has 31 heavy (non-hydrogen) atoms. The number of alkyl halides is 3. The van der Waals surface area contributed by atoms with Gasteiger partial charge in [-0.1, -0.05) is 13.0 Å². The van der Waals surface area contributed by atoms with E-state index in [1.54, 1.807) is 17.7 Å². The van der Waals surface area contributed by atoms with Gasteiger partial charge in [-0.05, 0) is 47.4 Å². The van der Waals surface area contributed by atoms with Crippen molar-refractivity contribution in [3.63, 3.8) is 0 Å². The fourth-order valence-electron chi connectivity index (χ4n) is 3.77. The highest BCUT2D eigenvalue weighted by Gasteiger charge is 2.39. The molecule has 1 amide bonds. The van der Waals surface area contributed by atoms with E-state index in [1.807, 2.05) is 6.92 Å². The zero-order valence-corrected chi connectivity index (χ0v) is 17.5. The first-order valence-electron chi connectivity index (χ1n) is 9.45. The summed E-state index contributed by atoms with van der Waals surface area (Å²) >= 11 is 4.19. The average molecular weight is 450 g/mol. The molecular weight excluding hydrogens is 432 g/mol. The normalized spacial score (nSPS) is 14.8. The zero-order chi connectivity index (χ0) is 22.5. The highest BCUT2D eigenvalue weighted by Crippen LogP contribution is 2.39. The van der Waals surface area contributed by atoms with E-state index in [0.29, 0.717) is 23.0 Å². The first kappa shape index (κ1) is 21.4. The number of nitrogens with zero attached hydrogens (tertiary/aromatic N) is 4. The number of fused-ring (bicyclic) bond motifs is 1. The first-order chi connectivity index (χ1) is 14.6. The second-order valence-electron chi connectivity index (χ2n) is 7.54. The minimum atomic E-state index is -4.58. The van der Waals surface area contributed by atoms with Crippen molar-refractivity contribution in [2.24, 2.45) is 7.05 Å². The Bertz CT molecular complexity index is 1170. The smallest absolute Gasteiger partial charge is 0.309 e. The van der Waals surface area contributed by atoms with Crippen LogP contribution in [0.1, 0.15) is 45.7 Å². The van der Waals surface area contributed by atoms with Crippen LogP contribution in [-0.2, 0) is 26.2 Å². The Hall–Kier alpha value is -2.88.